The fraction of sp³-hybridized carbons (Fsp3) is 0.158. The van der Waals surface area contributed by atoms with Crippen molar-refractivity contribution in [1.82, 2.24) is 4.98 Å². The molecule has 142 valence electrons. The molecule has 0 bridgehead atoms. The zero-order valence-electron chi connectivity index (χ0n) is 14.9. The molecule has 0 spiro atoms. The zero-order valence-corrected chi connectivity index (χ0v) is 17.3. The van der Waals surface area contributed by atoms with Gasteiger partial charge in [0, 0.05) is 33.6 Å². The summed E-state index contributed by atoms with van der Waals surface area (Å²) < 4.78 is 11.5. The molecule has 9 heteroatoms. The van der Waals surface area contributed by atoms with Crippen LogP contribution in [-0.2, 0) is 6.42 Å². The number of thiazole rings is 1. The molecule has 0 radical (unpaired) electrons. The van der Waals surface area contributed by atoms with Crippen molar-refractivity contribution in [3.8, 4) is 22.8 Å². The Hall–Kier alpha value is -2.78. The predicted octanol–water partition coefficient (Wildman–Crippen LogP) is 5.15. The lowest BCUT2D eigenvalue weighted by Gasteiger charge is -2.08. The van der Waals surface area contributed by atoms with Gasteiger partial charge in [0.2, 0.25) is 5.13 Å². The first-order valence-electron chi connectivity index (χ1n) is 8.23. The van der Waals surface area contributed by atoms with Crippen molar-refractivity contribution < 1.29 is 14.4 Å². The van der Waals surface area contributed by atoms with Crippen molar-refractivity contribution in [1.29, 1.82) is 0 Å². The number of nitrogens with zero attached hydrogens (tertiary/aromatic N) is 3. The van der Waals surface area contributed by atoms with E-state index in [0.29, 0.717) is 10.7 Å². The minimum absolute atomic E-state index is 0.100. The number of ether oxygens (including phenoxy) is 2. The van der Waals surface area contributed by atoms with E-state index in [1.807, 2.05) is 12.1 Å². The van der Waals surface area contributed by atoms with E-state index in [9.17, 15) is 10.1 Å². The van der Waals surface area contributed by atoms with E-state index in [2.05, 4.69) is 25.9 Å². The Morgan fingerprint density at radius 3 is 2.71 bits per heavy atom. The molecule has 0 amide bonds. The summed E-state index contributed by atoms with van der Waals surface area (Å²) in [5, 5.41) is 11.8. The number of aromatic nitrogens is 1. The summed E-state index contributed by atoms with van der Waals surface area (Å²) in [5.41, 5.74) is 3.53. The first kappa shape index (κ1) is 18.6. The lowest BCUT2D eigenvalue weighted by molar-refractivity contribution is -0.385. The molecule has 0 saturated carbocycles. The summed E-state index contributed by atoms with van der Waals surface area (Å²) in [6.07, 6.45) is 2.34. The van der Waals surface area contributed by atoms with Crippen molar-refractivity contribution in [2.24, 2.45) is 4.99 Å². The summed E-state index contributed by atoms with van der Waals surface area (Å²) in [6.45, 7) is 0. The second-order valence-corrected chi connectivity index (χ2v) is 7.91. The molecule has 2 aromatic carbocycles. The van der Waals surface area contributed by atoms with Gasteiger partial charge in [0.1, 0.15) is 5.75 Å². The monoisotopic (exact) mass is 459 g/mol. The van der Waals surface area contributed by atoms with Gasteiger partial charge in [-0.2, -0.15) is 0 Å². The van der Waals surface area contributed by atoms with Gasteiger partial charge >= 0.3 is 5.69 Å². The van der Waals surface area contributed by atoms with Crippen LogP contribution in [0.4, 0.5) is 10.8 Å². The van der Waals surface area contributed by atoms with Gasteiger partial charge in [0.05, 0.1) is 24.8 Å². The second-order valence-electron chi connectivity index (χ2n) is 5.99. The van der Waals surface area contributed by atoms with Crippen LogP contribution in [0.1, 0.15) is 16.0 Å². The van der Waals surface area contributed by atoms with Gasteiger partial charge in [0.25, 0.3) is 0 Å². The number of benzene rings is 2. The van der Waals surface area contributed by atoms with E-state index >= 15 is 0 Å². The van der Waals surface area contributed by atoms with Crippen molar-refractivity contribution >= 4 is 44.3 Å². The van der Waals surface area contributed by atoms with Crippen molar-refractivity contribution in [2.75, 3.05) is 14.2 Å². The van der Waals surface area contributed by atoms with Gasteiger partial charge in [-0.3, -0.25) is 10.1 Å². The van der Waals surface area contributed by atoms with Crippen molar-refractivity contribution in [2.45, 2.75) is 6.42 Å². The molecule has 28 heavy (non-hydrogen) atoms. The Morgan fingerprint density at radius 1 is 1.25 bits per heavy atom. The summed E-state index contributed by atoms with van der Waals surface area (Å²) in [7, 11) is 3.04. The number of nitro groups is 1. The Bertz CT molecular complexity index is 1130. The average Bonchev–Trinajstić information content (AvgIpc) is 3.25. The standard InChI is InChI=1S/C19H14BrN3O4S/c1-26-14-5-3-10(7-13(14)23(24)25)9-21-19-22-18-16(28-19)8-11-12(20)4-6-15(27-2)17(11)18/h3-7,9H,8H2,1-2H3. The van der Waals surface area contributed by atoms with Crippen LogP contribution >= 0.6 is 27.3 Å². The Kier molecular flexibility index (Phi) is 4.86. The van der Waals surface area contributed by atoms with E-state index in [-0.39, 0.29) is 11.4 Å². The normalized spacial score (nSPS) is 12.1. The highest BCUT2D eigenvalue weighted by molar-refractivity contribution is 9.10. The lowest BCUT2D eigenvalue weighted by atomic mass is 10.1. The molecular weight excluding hydrogens is 446 g/mol. The maximum atomic E-state index is 11.2. The molecule has 1 aliphatic carbocycles. The van der Waals surface area contributed by atoms with Crippen molar-refractivity contribution in [3.05, 3.63) is 60.9 Å². The van der Waals surface area contributed by atoms with Gasteiger partial charge in [-0.1, -0.05) is 27.3 Å². The third-order valence-corrected chi connectivity index (χ3v) is 6.13. The van der Waals surface area contributed by atoms with Gasteiger partial charge < -0.3 is 9.47 Å². The van der Waals surface area contributed by atoms with E-state index in [1.165, 1.54) is 24.5 Å². The van der Waals surface area contributed by atoms with Crippen LogP contribution in [0.15, 0.2) is 39.8 Å². The van der Waals surface area contributed by atoms with E-state index < -0.39 is 4.92 Å². The minimum atomic E-state index is -0.477. The lowest BCUT2D eigenvalue weighted by Crippen LogP contribution is -1.95. The SMILES string of the molecule is COc1ccc(C=Nc2nc3c(s2)Cc2c(Br)ccc(OC)c2-3)cc1[N+](=O)[O-]. The average molecular weight is 460 g/mol. The smallest absolute Gasteiger partial charge is 0.311 e. The van der Waals surface area contributed by atoms with Gasteiger partial charge in [-0.25, -0.2) is 9.98 Å². The maximum Gasteiger partial charge on any atom is 0.311 e. The number of hydrogen-bond donors (Lipinski definition) is 0. The largest absolute Gasteiger partial charge is 0.496 e. The fourth-order valence-corrected chi connectivity index (χ4v) is 4.53. The molecule has 0 fully saturated rings. The molecule has 3 aromatic rings. The molecule has 1 heterocycles. The van der Waals surface area contributed by atoms with Crippen molar-refractivity contribution in [3.63, 3.8) is 0 Å². The summed E-state index contributed by atoms with van der Waals surface area (Å²) in [6, 6.07) is 8.59. The number of rotatable bonds is 5. The zero-order chi connectivity index (χ0) is 19.8. The number of nitro benzene ring substituents is 1. The number of fused-ring (bicyclic) bond motifs is 3. The van der Waals surface area contributed by atoms with Gasteiger partial charge in [0.15, 0.2) is 5.75 Å². The first-order chi connectivity index (χ1) is 13.5. The van der Waals surface area contributed by atoms with Crippen LogP contribution in [0.5, 0.6) is 11.5 Å². The number of methoxy groups -OCH3 is 2. The molecule has 0 N–H and O–H groups in total. The highest BCUT2D eigenvalue weighted by Crippen LogP contribution is 2.48. The van der Waals surface area contributed by atoms with Crippen LogP contribution in [0.2, 0.25) is 0 Å². The third kappa shape index (κ3) is 3.16. The molecule has 7 nitrogen and oxygen atoms in total. The van der Waals surface area contributed by atoms with Crippen LogP contribution in [0.25, 0.3) is 11.3 Å². The fourth-order valence-electron chi connectivity index (χ4n) is 3.13. The summed E-state index contributed by atoms with van der Waals surface area (Å²) in [4.78, 5) is 20.9. The van der Waals surface area contributed by atoms with E-state index in [4.69, 9.17) is 9.47 Å². The highest BCUT2D eigenvalue weighted by Gasteiger charge is 2.28. The van der Waals surface area contributed by atoms with Gasteiger partial charge in [-0.15, -0.1) is 0 Å². The number of aliphatic imine (C=N–C) groups is 1. The number of hydrogen-bond acceptors (Lipinski definition) is 7. The van der Waals surface area contributed by atoms with Crippen LogP contribution in [-0.4, -0.2) is 30.3 Å². The molecule has 1 aliphatic rings. The highest BCUT2D eigenvalue weighted by atomic mass is 79.9. The topological polar surface area (TPSA) is 86.9 Å². The molecule has 1 aromatic heterocycles. The van der Waals surface area contributed by atoms with Crippen LogP contribution < -0.4 is 9.47 Å². The van der Waals surface area contributed by atoms with Crippen LogP contribution in [0, 0.1) is 10.1 Å². The quantitative estimate of drug-likeness (QED) is 0.234. The van der Waals surface area contributed by atoms with Crippen LogP contribution in [0.3, 0.4) is 0 Å². The molecule has 0 aliphatic heterocycles. The number of halogens is 1. The molecule has 0 atom stereocenters. The van der Waals surface area contributed by atoms with E-state index in [1.54, 1.807) is 25.5 Å². The predicted molar refractivity (Wildman–Crippen MR) is 112 cm³/mol. The molecular formula is C19H14BrN3O4S. The Balaban J connectivity index is 1.67. The minimum Gasteiger partial charge on any atom is -0.496 e. The Labute approximate surface area is 173 Å². The molecule has 4 rings (SSSR count). The second kappa shape index (κ2) is 7.33. The third-order valence-electron chi connectivity index (χ3n) is 4.42. The molecule has 0 unspecified atom stereocenters. The Morgan fingerprint density at radius 2 is 2.00 bits per heavy atom. The first-order valence-corrected chi connectivity index (χ1v) is 9.84. The van der Waals surface area contributed by atoms with Gasteiger partial charge in [-0.05, 0) is 35.4 Å². The van der Waals surface area contributed by atoms with E-state index in [0.717, 1.165) is 38.3 Å². The summed E-state index contributed by atoms with van der Waals surface area (Å²) in [5.74, 6) is 0.994. The maximum absolute atomic E-state index is 11.2. The summed E-state index contributed by atoms with van der Waals surface area (Å²) >= 11 is 5.09. The molecule has 0 saturated heterocycles.